The fourth-order valence-electron chi connectivity index (χ4n) is 1.25. The molecule has 1 aromatic carbocycles. The number of nitrogens with zero attached hydrogens (tertiary/aromatic N) is 1. The van der Waals surface area contributed by atoms with Crippen LogP contribution in [0.15, 0.2) is 23.2 Å². The maximum absolute atomic E-state index is 4.61. The Hall–Kier alpha value is -0.980. The van der Waals surface area contributed by atoms with E-state index in [1.807, 2.05) is 6.92 Å². The number of rotatable bonds is 1. The van der Waals surface area contributed by atoms with Gasteiger partial charge in [-0.15, -0.1) is 0 Å². The smallest absolute Gasteiger partial charge is 0.0771 e. The zero-order valence-corrected chi connectivity index (χ0v) is 9.90. The number of benzene rings is 1. The molecule has 0 radical (unpaired) electrons. The van der Waals surface area contributed by atoms with Gasteiger partial charge in [-0.05, 0) is 41.7 Å². The van der Waals surface area contributed by atoms with Gasteiger partial charge in [-0.1, -0.05) is 32.9 Å². The van der Waals surface area contributed by atoms with Crippen molar-refractivity contribution in [1.82, 2.24) is 0 Å². The van der Waals surface area contributed by atoms with Crippen LogP contribution in [0, 0.1) is 6.92 Å². The molecule has 1 rings (SSSR count). The van der Waals surface area contributed by atoms with E-state index in [1.165, 1.54) is 5.56 Å². The Labute approximate surface area is 90.9 Å². The number of hydrogen-bond donors (Lipinski definition) is 0. The summed E-state index contributed by atoms with van der Waals surface area (Å²) in [6.07, 6.45) is 0. The number of isothiocyanates is 1. The van der Waals surface area contributed by atoms with E-state index in [4.69, 9.17) is 0 Å². The first kappa shape index (κ1) is 11.1. The molecule has 0 atom stereocenters. The van der Waals surface area contributed by atoms with E-state index < -0.39 is 0 Å². The van der Waals surface area contributed by atoms with E-state index in [0.717, 1.165) is 11.3 Å². The third-order valence-corrected chi connectivity index (χ3v) is 2.33. The molecular weight excluding hydrogens is 190 g/mol. The Morgan fingerprint density at radius 2 is 1.93 bits per heavy atom. The highest BCUT2D eigenvalue weighted by atomic mass is 32.1. The van der Waals surface area contributed by atoms with Crippen molar-refractivity contribution in [3.8, 4) is 0 Å². The lowest BCUT2D eigenvalue weighted by Crippen LogP contribution is -2.10. The van der Waals surface area contributed by atoms with Gasteiger partial charge in [0.15, 0.2) is 0 Å². The van der Waals surface area contributed by atoms with E-state index in [-0.39, 0.29) is 5.41 Å². The van der Waals surface area contributed by atoms with Gasteiger partial charge in [0, 0.05) is 0 Å². The molecule has 1 nitrogen and oxygen atoms in total. The first-order valence-electron chi connectivity index (χ1n) is 4.64. The minimum atomic E-state index is 0.152. The monoisotopic (exact) mass is 205 g/mol. The zero-order valence-electron chi connectivity index (χ0n) is 9.09. The van der Waals surface area contributed by atoms with Gasteiger partial charge in [0.1, 0.15) is 0 Å². The van der Waals surface area contributed by atoms with Crippen LogP contribution in [-0.2, 0) is 5.41 Å². The second kappa shape index (κ2) is 4.04. The van der Waals surface area contributed by atoms with E-state index in [2.05, 4.69) is 61.3 Å². The minimum Gasteiger partial charge on any atom is -0.194 e. The molecule has 0 bridgehead atoms. The topological polar surface area (TPSA) is 12.4 Å². The summed E-state index contributed by atoms with van der Waals surface area (Å²) in [6, 6.07) is 6.29. The number of thiocarbonyl (C=S) groups is 1. The summed E-state index contributed by atoms with van der Waals surface area (Å²) in [6.45, 7) is 8.58. The maximum atomic E-state index is 4.61. The van der Waals surface area contributed by atoms with Gasteiger partial charge >= 0.3 is 0 Å². The molecule has 0 aromatic heterocycles. The lowest BCUT2D eigenvalue weighted by Gasteiger charge is -2.19. The van der Waals surface area contributed by atoms with Crippen LogP contribution in [0.5, 0.6) is 0 Å². The molecule has 0 unspecified atom stereocenters. The highest BCUT2D eigenvalue weighted by Gasteiger charge is 2.14. The van der Waals surface area contributed by atoms with Gasteiger partial charge in [0.25, 0.3) is 0 Å². The molecule has 0 aliphatic carbocycles. The average molecular weight is 205 g/mol. The molecule has 0 heterocycles. The SMILES string of the molecule is Cc1ccc(C(C)(C)C)cc1N=C=S. The van der Waals surface area contributed by atoms with Gasteiger partial charge in [-0.25, -0.2) is 0 Å². The van der Waals surface area contributed by atoms with Gasteiger partial charge in [0.05, 0.1) is 10.8 Å². The van der Waals surface area contributed by atoms with Gasteiger partial charge in [0.2, 0.25) is 0 Å². The summed E-state index contributed by atoms with van der Waals surface area (Å²) < 4.78 is 0. The quantitative estimate of drug-likeness (QED) is 0.498. The summed E-state index contributed by atoms with van der Waals surface area (Å²) >= 11 is 4.61. The highest BCUT2D eigenvalue weighted by molar-refractivity contribution is 7.78. The molecule has 0 amide bonds. The molecule has 2 heteroatoms. The number of aliphatic imine (C=N–C) groups is 1. The molecule has 0 aliphatic heterocycles. The summed E-state index contributed by atoms with van der Waals surface area (Å²) in [5.41, 5.74) is 3.48. The maximum Gasteiger partial charge on any atom is 0.0771 e. The van der Waals surface area contributed by atoms with Crippen LogP contribution in [0.3, 0.4) is 0 Å². The molecule has 0 saturated heterocycles. The van der Waals surface area contributed by atoms with Gasteiger partial charge in [-0.2, -0.15) is 4.99 Å². The van der Waals surface area contributed by atoms with Crippen LogP contribution in [0.2, 0.25) is 0 Å². The van der Waals surface area contributed by atoms with Crippen LogP contribution >= 0.6 is 12.2 Å². The first-order valence-corrected chi connectivity index (χ1v) is 5.05. The normalized spacial score (nSPS) is 10.9. The molecule has 0 fully saturated rings. The Morgan fingerprint density at radius 1 is 1.29 bits per heavy atom. The van der Waals surface area contributed by atoms with Crippen molar-refractivity contribution in [1.29, 1.82) is 0 Å². The summed E-state index contributed by atoms with van der Waals surface area (Å²) in [5.74, 6) is 0. The summed E-state index contributed by atoms with van der Waals surface area (Å²) in [4.78, 5) is 4.05. The molecule has 0 spiro atoms. The van der Waals surface area contributed by atoms with Crippen molar-refractivity contribution in [2.24, 2.45) is 4.99 Å². The Bertz CT molecular complexity index is 382. The van der Waals surface area contributed by atoms with Crippen LogP contribution in [0.1, 0.15) is 31.9 Å². The predicted molar refractivity (Wildman–Crippen MR) is 64.6 cm³/mol. The van der Waals surface area contributed by atoms with Crippen molar-refractivity contribution >= 4 is 23.1 Å². The number of hydrogen-bond acceptors (Lipinski definition) is 2. The number of aryl methyl sites for hydroxylation is 1. The van der Waals surface area contributed by atoms with E-state index in [0.29, 0.717) is 0 Å². The fraction of sp³-hybridized carbons (Fsp3) is 0.417. The van der Waals surface area contributed by atoms with Crippen LogP contribution in [-0.4, -0.2) is 5.16 Å². The zero-order chi connectivity index (χ0) is 10.8. The third kappa shape index (κ3) is 2.50. The van der Waals surface area contributed by atoms with Crippen LogP contribution in [0.25, 0.3) is 0 Å². The molecule has 0 aliphatic rings. The Balaban J connectivity index is 3.26. The van der Waals surface area contributed by atoms with Crippen molar-refractivity contribution in [2.75, 3.05) is 0 Å². The first-order chi connectivity index (χ1) is 6.45. The van der Waals surface area contributed by atoms with E-state index in [1.54, 1.807) is 0 Å². The van der Waals surface area contributed by atoms with Crippen molar-refractivity contribution in [3.05, 3.63) is 29.3 Å². The molecule has 0 N–H and O–H groups in total. The average Bonchev–Trinajstić information content (AvgIpc) is 2.07. The molecule has 74 valence electrons. The Kier molecular flexibility index (Phi) is 3.20. The van der Waals surface area contributed by atoms with Gasteiger partial charge in [-0.3, -0.25) is 0 Å². The van der Waals surface area contributed by atoms with Gasteiger partial charge < -0.3 is 0 Å². The lowest BCUT2D eigenvalue weighted by atomic mass is 9.86. The Morgan fingerprint density at radius 3 is 2.43 bits per heavy atom. The molecule has 14 heavy (non-hydrogen) atoms. The van der Waals surface area contributed by atoms with Crippen LogP contribution in [0.4, 0.5) is 5.69 Å². The molecule has 0 saturated carbocycles. The van der Waals surface area contributed by atoms with Crippen molar-refractivity contribution in [3.63, 3.8) is 0 Å². The van der Waals surface area contributed by atoms with Crippen molar-refractivity contribution in [2.45, 2.75) is 33.1 Å². The van der Waals surface area contributed by atoms with Crippen molar-refractivity contribution < 1.29 is 0 Å². The third-order valence-electron chi connectivity index (χ3n) is 2.24. The predicted octanol–water partition coefficient (Wildman–Crippen LogP) is 4.03. The van der Waals surface area contributed by atoms with E-state index in [9.17, 15) is 0 Å². The second-order valence-electron chi connectivity index (χ2n) is 4.45. The molecular formula is C12H15NS. The highest BCUT2D eigenvalue weighted by Crippen LogP contribution is 2.28. The lowest BCUT2D eigenvalue weighted by molar-refractivity contribution is 0.590. The van der Waals surface area contributed by atoms with Crippen LogP contribution < -0.4 is 0 Å². The largest absolute Gasteiger partial charge is 0.194 e. The fourth-order valence-corrected chi connectivity index (χ4v) is 1.34. The minimum absolute atomic E-state index is 0.152. The standard InChI is InChI=1S/C12H15NS/c1-9-5-6-10(12(2,3)4)7-11(9)13-8-14/h5-7H,1-4H3. The summed E-state index contributed by atoms with van der Waals surface area (Å²) in [5, 5.41) is 2.41. The summed E-state index contributed by atoms with van der Waals surface area (Å²) in [7, 11) is 0. The van der Waals surface area contributed by atoms with E-state index >= 15 is 0 Å². The molecule has 1 aromatic rings. The second-order valence-corrected chi connectivity index (χ2v) is 4.64.